The van der Waals surface area contributed by atoms with E-state index in [9.17, 15) is 4.79 Å². The Bertz CT molecular complexity index is 232. The standard InChI is InChI=1S/C5H6N2OS.C2H6/c1-3(8)5-7-4(6)2-9-5;1-2/h2H,6H2,1H3;1-2H3. The highest BCUT2D eigenvalue weighted by atomic mass is 32.1. The van der Waals surface area contributed by atoms with Crippen molar-refractivity contribution in [3.63, 3.8) is 0 Å². The number of nitrogens with zero attached hydrogens (tertiary/aromatic N) is 1. The molecule has 1 aromatic heterocycles. The van der Waals surface area contributed by atoms with Gasteiger partial charge in [-0.15, -0.1) is 11.3 Å². The maximum absolute atomic E-state index is 10.6. The van der Waals surface area contributed by atoms with Crippen LogP contribution in [0.15, 0.2) is 5.38 Å². The Labute approximate surface area is 70.3 Å². The fourth-order valence-electron chi connectivity index (χ4n) is 0.448. The van der Waals surface area contributed by atoms with Gasteiger partial charge in [0.25, 0.3) is 0 Å². The lowest BCUT2D eigenvalue weighted by Crippen LogP contribution is -1.91. The predicted molar refractivity (Wildman–Crippen MR) is 47.9 cm³/mol. The molecular formula is C7H12N2OS. The number of ketones is 1. The second-order valence-corrected chi connectivity index (χ2v) is 2.49. The van der Waals surface area contributed by atoms with Crippen LogP contribution in [0.4, 0.5) is 5.82 Å². The lowest BCUT2D eigenvalue weighted by molar-refractivity contribution is 0.101. The lowest BCUT2D eigenvalue weighted by Gasteiger charge is -1.79. The van der Waals surface area contributed by atoms with E-state index in [4.69, 9.17) is 5.73 Å². The minimum absolute atomic E-state index is 0.0308. The average Bonchev–Trinajstić information content (AvgIpc) is 2.40. The zero-order chi connectivity index (χ0) is 8.85. The number of rotatable bonds is 1. The minimum atomic E-state index is -0.0308. The summed E-state index contributed by atoms with van der Waals surface area (Å²) in [4.78, 5) is 14.3. The smallest absolute Gasteiger partial charge is 0.188 e. The van der Waals surface area contributed by atoms with E-state index in [0.29, 0.717) is 10.8 Å². The van der Waals surface area contributed by atoms with Gasteiger partial charge in [-0.25, -0.2) is 4.98 Å². The van der Waals surface area contributed by atoms with Crippen molar-refractivity contribution in [3.8, 4) is 0 Å². The average molecular weight is 172 g/mol. The number of hydrogen-bond donors (Lipinski definition) is 1. The molecule has 0 fully saturated rings. The van der Waals surface area contributed by atoms with Gasteiger partial charge in [0.2, 0.25) is 0 Å². The molecule has 0 amide bonds. The first-order valence-corrected chi connectivity index (χ1v) is 4.30. The molecule has 0 bridgehead atoms. The number of carbonyl (C=O) groups excluding carboxylic acids is 1. The molecule has 0 saturated heterocycles. The molecule has 1 rings (SSSR count). The Balaban J connectivity index is 0.000000461. The number of nitrogens with two attached hydrogens (primary N) is 1. The van der Waals surface area contributed by atoms with E-state index in [1.54, 1.807) is 5.38 Å². The van der Waals surface area contributed by atoms with Crippen molar-refractivity contribution >= 4 is 22.9 Å². The Morgan fingerprint density at radius 3 is 2.36 bits per heavy atom. The molecule has 2 N–H and O–H groups in total. The van der Waals surface area contributed by atoms with Gasteiger partial charge in [0.15, 0.2) is 10.8 Å². The first-order valence-electron chi connectivity index (χ1n) is 3.42. The van der Waals surface area contributed by atoms with Crippen LogP contribution >= 0.6 is 11.3 Å². The van der Waals surface area contributed by atoms with Crippen molar-refractivity contribution in [2.24, 2.45) is 0 Å². The number of nitrogen functional groups attached to an aromatic ring is 1. The fraction of sp³-hybridized carbons (Fsp3) is 0.429. The topological polar surface area (TPSA) is 56.0 Å². The molecule has 0 unspecified atom stereocenters. The molecule has 0 aliphatic heterocycles. The Hall–Kier alpha value is -0.900. The molecule has 1 heterocycles. The summed E-state index contributed by atoms with van der Waals surface area (Å²) in [6.45, 7) is 5.47. The van der Waals surface area contributed by atoms with Crippen molar-refractivity contribution < 1.29 is 4.79 Å². The maximum atomic E-state index is 10.6. The van der Waals surface area contributed by atoms with Crippen LogP contribution in [0, 0.1) is 0 Å². The summed E-state index contributed by atoms with van der Waals surface area (Å²) in [5, 5.41) is 2.13. The van der Waals surface area contributed by atoms with E-state index in [-0.39, 0.29) is 5.78 Å². The first kappa shape index (κ1) is 10.1. The largest absolute Gasteiger partial charge is 0.383 e. The van der Waals surface area contributed by atoms with Crippen LogP contribution in [0.25, 0.3) is 0 Å². The lowest BCUT2D eigenvalue weighted by atomic mass is 10.5. The third-order valence-electron chi connectivity index (χ3n) is 0.823. The van der Waals surface area contributed by atoms with Crippen LogP contribution in [0.5, 0.6) is 0 Å². The van der Waals surface area contributed by atoms with Crippen LogP contribution in [0.1, 0.15) is 30.6 Å². The van der Waals surface area contributed by atoms with Crippen molar-refractivity contribution in [1.29, 1.82) is 0 Å². The highest BCUT2D eigenvalue weighted by Crippen LogP contribution is 2.10. The molecule has 11 heavy (non-hydrogen) atoms. The molecule has 0 aliphatic carbocycles. The summed E-state index contributed by atoms with van der Waals surface area (Å²) >= 11 is 1.27. The number of carbonyl (C=O) groups is 1. The normalized spacial score (nSPS) is 8.27. The van der Waals surface area contributed by atoms with Gasteiger partial charge in [-0.05, 0) is 0 Å². The number of Topliss-reactive ketones (excluding diaryl/α,β-unsaturated/α-hetero) is 1. The Morgan fingerprint density at radius 1 is 1.64 bits per heavy atom. The predicted octanol–water partition coefficient (Wildman–Crippen LogP) is 1.95. The summed E-state index contributed by atoms with van der Waals surface area (Å²) in [6.07, 6.45) is 0. The zero-order valence-corrected chi connectivity index (χ0v) is 7.73. The first-order chi connectivity index (χ1) is 5.20. The van der Waals surface area contributed by atoms with E-state index < -0.39 is 0 Å². The Kier molecular flexibility index (Phi) is 4.45. The molecule has 0 saturated carbocycles. The van der Waals surface area contributed by atoms with Crippen LogP contribution in [0.3, 0.4) is 0 Å². The van der Waals surface area contributed by atoms with E-state index in [2.05, 4.69) is 4.98 Å². The van der Waals surface area contributed by atoms with E-state index in [1.165, 1.54) is 18.3 Å². The monoisotopic (exact) mass is 172 g/mol. The molecule has 0 spiro atoms. The van der Waals surface area contributed by atoms with Gasteiger partial charge in [0.1, 0.15) is 5.82 Å². The molecule has 1 aromatic rings. The number of hydrogen-bond acceptors (Lipinski definition) is 4. The second kappa shape index (κ2) is 4.85. The molecule has 3 nitrogen and oxygen atoms in total. The van der Waals surface area contributed by atoms with Gasteiger partial charge in [-0.2, -0.15) is 0 Å². The van der Waals surface area contributed by atoms with Crippen molar-refractivity contribution in [3.05, 3.63) is 10.4 Å². The molecular weight excluding hydrogens is 160 g/mol. The highest BCUT2D eigenvalue weighted by molar-refractivity contribution is 7.12. The summed E-state index contributed by atoms with van der Waals surface area (Å²) in [5.74, 6) is 0.391. The molecule has 0 atom stereocenters. The highest BCUT2D eigenvalue weighted by Gasteiger charge is 2.01. The van der Waals surface area contributed by atoms with Gasteiger partial charge in [0, 0.05) is 12.3 Å². The van der Waals surface area contributed by atoms with Gasteiger partial charge in [0.05, 0.1) is 0 Å². The van der Waals surface area contributed by atoms with Crippen LogP contribution in [0.2, 0.25) is 0 Å². The number of thiazole rings is 1. The molecule has 4 heteroatoms. The fourth-order valence-corrected chi connectivity index (χ4v) is 1.06. The Morgan fingerprint density at radius 2 is 2.18 bits per heavy atom. The van der Waals surface area contributed by atoms with E-state index in [0.717, 1.165) is 0 Å². The summed E-state index contributed by atoms with van der Waals surface area (Å²) in [7, 11) is 0. The molecule has 0 aliphatic rings. The van der Waals surface area contributed by atoms with Crippen LogP contribution in [-0.4, -0.2) is 10.8 Å². The van der Waals surface area contributed by atoms with Crippen LogP contribution < -0.4 is 5.73 Å². The summed E-state index contributed by atoms with van der Waals surface area (Å²) in [6, 6.07) is 0. The molecule has 0 aromatic carbocycles. The van der Waals surface area contributed by atoms with Gasteiger partial charge < -0.3 is 5.73 Å². The third kappa shape index (κ3) is 3.13. The molecule has 62 valence electrons. The quantitative estimate of drug-likeness (QED) is 0.659. The number of aromatic nitrogens is 1. The summed E-state index contributed by atoms with van der Waals surface area (Å²) < 4.78 is 0. The maximum Gasteiger partial charge on any atom is 0.188 e. The SMILES string of the molecule is CC.CC(=O)c1nc(N)cs1. The zero-order valence-electron chi connectivity index (χ0n) is 6.92. The molecule has 0 radical (unpaired) electrons. The van der Waals surface area contributed by atoms with E-state index in [1.807, 2.05) is 13.8 Å². The van der Waals surface area contributed by atoms with Gasteiger partial charge in [-0.1, -0.05) is 13.8 Å². The van der Waals surface area contributed by atoms with Gasteiger partial charge in [-0.3, -0.25) is 4.79 Å². The van der Waals surface area contributed by atoms with Crippen molar-refractivity contribution in [2.75, 3.05) is 5.73 Å². The number of anilines is 1. The van der Waals surface area contributed by atoms with Crippen LogP contribution in [-0.2, 0) is 0 Å². The minimum Gasteiger partial charge on any atom is -0.383 e. The van der Waals surface area contributed by atoms with Crippen molar-refractivity contribution in [1.82, 2.24) is 4.98 Å². The third-order valence-corrected chi connectivity index (χ3v) is 1.78. The second-order valence-electron chi connectivity index (χ2n) is 1.63. The van der Waals surface area contributed by atoms with E-state index >= 15 is 0 Å². The van der Waals surface area contributed by atoms with Gasteiger partial charge >= 0.3 is 0 Å². The summed E-state index contributed by atoms with van der Waals surface area (Å²) in [5.41, 5.74) is 5.26. The van der Waals surface area contributed by atoms with Crippen molar-refractivity contribution in [2.45, 2.75) is 20.8 Å².